The summed E-state index contributed by atoms with van der Waals surface area (Å²) in [6.07, 6.45) is 12.4. The molecule has 18 nitrogen and oxygen atoms in total. The molecule has 5 aliphatic rings. The molecule has 18 heteroatoms. The molecule has 0 radical (unpaired) electrons. The zero-order valence-electron chi connectivity index (χ0n) is 36.6. The van der Waals surface area contributed by atoms with Gasteiger partial charge in [0.1, 0.15) is 36.3 Å². The van der Waals surface area contributed by atoms with Gasteiger partial charge in [-0.25, -0.2) is 0 Å². The van der Waals surface area contributed by atoms with Crippen molar-refractivity contribution < 1.29 is 38.4 Å². The van der Waals surface area contributed by atoms with Gasteiger partial charge in [0.15, 0.2) is 0 Å². The zero-order chi connectivity index (χ0) is 45.6. The van der Waals surface area contributed by atoms with E-state index in [0.717, 1.165) is 12.8 Å². The molecule has 65 heavy (non-hydrogen) atoms. The predicted molar refractivity (Wildman–Crippen MR) is 237 cm³/mol. The SMILES string of the molecule is C[C@H](NC(=O)[C@@H]1CCCN1C(=O)[C@@H]1CCCN1C(=O)c1cccc(NC(=O)[C@@H]2CCCN2C(=O)[C@@H]2CCCCN2C(=O)c2cccnc2)c1)C(=O)N1CCC[C@H]1C(=O)Nc1cccnc1. The quantitative estimate of drug-likeness (QED) is 0.256. The summed E-state index contributed by atoms with van der Waals surface area (Å²) in [6, 6.07) is 8.55. The van der Waals surface area contributed by atoms with E-state index in [2.05, 4.69) is 25.9 Å². The van der Waals surface area contributed by atoms with Gasteiger partial charge in [-0.15, -0.1) is 0 Å². The third-order valence-electron chi connectivity index (χ3n) is 13.3. The minimum Gasteiger partial charge on any atom is -0.343 e. The Labute approximate surface area is 377 Å². The van der Waals surface area contributed by atoms with E-state index in [1.807, 2.05) is 0 Å². The number of benzene rings is 1. The van der Waals surface area contributed by atoms with E-state index in [9.17, 15) is 38.4 Å². The monoisotopic (exact) mass is 888 g/mol. The Morgan fingerprint density at radius 3 is 1.60 bits per heavy atom. The summed E-state index contributed by atoms with van der Waals surface area (Å²) in [5.74, 6) is -2.83. The molecule has 0 spiro atoms. The number of piperidine rings is 1. The van der Waals surface area contributed by atoms with Gasteiger partial charge in [-0.2, -0.15) is 0 Å². The first-order valence-corrected chi connectivity index (χ1v) is 22.9. The van der Waals surface area contributed by atoms with Crippen molar-refractivity contribution in [2.75, 3.05) is 43.4 Å². The highest BCUT2D eigenvalue weighted by Gasteiger charge is 2.45. The van der Waals surface area contributed by atoms with E-state index >= 15 is 0 Å². The summed E-state index contributed by atoms with van der Waals surface area (Å²) < 4.78 is 0. The summed E-state index contributed by atoms with van der Waals surface area (Å²) in [6.45, 7) is 3.42. The third kappa shape index (κ3) is 9.71. The van der Waals surface area contributed by atoms with Crippen LogP contribution in [0.2, 0.25) is 0 Å². The molecule has 1 aromatic carbocycles. The second-order valence-corrected chi connectivity index (χ2v) is 17.5. The molecule has 342 valence electrons. The normalized spacial score (nSPS) is 23.5. The number of hydrogen-bond acceptors (Lipinski definition) is 10. The van der Waals surface area contributed by atoms with E-state index in [0.29, 0.717) is 107 Å². The topological polar surface area (TPSA) is 215 Å². The minimum atomic E-state index is -0.947. The van der Waals surface area contributed by atoms with Crippen LogP contribution < -0.4 is 16.0 Å². The van der Waals surface area contributed by atoms with Crippen LogP contribution >= 0.6 is 0 Å². The maximum Gasteiger partial charge on any atom is 0.256 e. The van der Waals surface area contributed by atoms with Crippen LogP contribution in [0.5, 0.6) is 0 Å². The van der Waals surface area contributed by atoms with E-state index < -0.39 is 54.0 Å². The van der Waals surface area contributed by atoms with Gasteiger partial charge in [0.2, 0.25) is 35.4 Å². The van der Waals surface area contributed by atoms with E-state index in [1.165, 1.54) is 27.1 Å². The molecule has 3 N–H and O–H groups in total. The predicted octanol–water partition coefficient (Wildman–Crippen LogP) is 2.83. The molecule has 0 bridgehead atoms. The second kappa shape index (κ2) is 20.0. The zero-order valence-corrected chi connectivity index (χ0v) is 36.6. The van der Waals surface area contributed by atoms with Crippen LogP contribution in [0.15, 0.2) is 73.3 Å². The maximum atomic E-state index is 14.2. The summed E-state index contributed by atoms with van der Waals surface area (Å²) in [4.78, 5) is 126. The Morgan fingerprint density at radius 2 is 0.985 bits per heavy atom. The number of rotatable bonds is 11. The number of pyridine rings is 2. The minimum absolute atomic E-state index is 0.256. The fourth-order valence-corrected chi connectivity index (χ4v) is 10.0. The molecule has 6 atom stereocenters. The molecule has 7 heterocycles. The second-order valence-electron chi connectivity index (χ2n) is 17.5. The fourth-order valence-electron chi connectivity index (χ4n) is 10.0. The molecule has 8 rings (SSSR count). The third-order valence-corrected chi connectivity index (χ3v) is 13.3. The molecule has 0 unspecified atom stereocenters. The van der Waals surface area contributed by atoms with Crippen LogP contribution in [0.3, 0.4) is 0 Å². The molecule has 2 aromatic heterocycles. The van der Waals surface area contributed by atoms with E-state index in [4.69, 9.17) is 0 Å². The smallest absolute Gasteiger partial charge is 0.256 e. The molecule has 0 aliphatic carbocycles. The van der Waals surface area contributed by atoms with Gasteiger partial charge in [-0.3, -0.25) is 48.3 Å². The van der Waals surface area contributed by atoms with Crippen LogP contribution in [0.25, 0.3) is 0 Å². The van der Waals surface area contributed by atoms with Crippen LogP contribution in [0.1, 0.15) is 98.3 Å². The average Bonchev–Trinajstić information content (AvgIpc) is 4.19. The van der Waals surface area contributed by atoms with Gasteiger partial charge in [0.05, 0.1) is 17.4 Å². The molecule has 5 aliphatic heterocycles. The molecule has 5 fully saturated rings. The van der Waals surface area contributed by atoms with E-state index in [1.54, 1.807) is 77.6 Å². The maximum absolute atomic E-state index is 14.2. The Bertz CT molecular complexity index is 2300. The van der Waals surface area contributed by atoms with Gasteiger partial charge in [0, 0.05) is 62.6 Å². The van der Waals surface area contributed by atoms with Crippen molar-refractivity contribution >= 4 is 58.6 Å². The summed E-state index contributed by atoms with van der Waals surface area (Å²) in [5, 5.41) is 8.52. The number of carbonyl (C=O) groups excluding carboxylic acids is 8. The van der Waals surface area contributed by atoms with Crippen LogP contribution in [0, 0.1) is 0 Å². The lowest BCUT2D eigenvalue weighted by Gasteiger charge is -2.38. The van der Waals surface area contributed by atoms with Crippen molar-refractivity contribution in [2.24, 2.45) is 0 Å². The summed E-state index contributed by atoms with van der Waals surface area (Å²) in [5.41, 5.74) is 1.56. The van der Waals surface area contributed by atoms with Gasteiger partial charge < -0.3 is 40.4 Å². The molecule has 8 amide bonds. The summed E-state index contributed by atoms with van der Waals surface area (Å²) >= 11 is 0. The Balaban J connectivity index is 0.871. The lowest BCUT2D eigenvalue weighted by Crippen LogP contribution is -2.56. The number of nitrogens with zero attached hydrogens (tertiary/aromatic N) is 7. The highest BCUT2D eigenvalue weighted by atomic mass is 16.2. The lowest BCUT2D eigenvalue weighted by atomic mass is 9.99. The van der Waals surface area contributed by atoms with Crippen LogP contribution in [-0.4, -0.2) is 151 Å². The fraction of sp³-hybridized carbons (Fsp3) is 0.489. The highest BCUT2D eigenvalue weighted by Crippen LogP contribution is 2.30. The van der Waals surface area contributed by atoms with Crippen molar-refractivity contribution in [2.45, 2.75) is 114 Å². The van der Waals surface area contributed by atoms with Crippen LogP contribution in [-0.2, 0) is 28.8 Å². The van der Waals surface area contributed by atoms with Crippen molar-refractivity contribution in [3.63, 3.8) is 0 Å². The number of amides is 8. The largest absolute Gasteiger partial charge is 0.343 e. The van der Waals surface area contributed by atoms with Crippen molar-refractivity contribution in [3.8, 4) is 0 Å². The first-order valence-electron chi connectivity index (χ1n) is 22.9. The molecule has 5 saturated heterocycles. The standard InChI is InChI=1S/C47H56N10O8/c1-30(43(61)53-23-7-17-36(53)42(60)52-34-14-6-21-49-29-34)50-40(58)35-16-8-24-54(35)47(65)39-19-10-26-57(39)44(62)31-11-4-13-33(27-31)51-41(59)37-18-9-25-55(37)46(64)38-15-2-3-22-56(38)45(63)32-12-5-20-48-28-32/h4-6,11-14,20-21,27-30,35-39H,2-3,7-10,15-19,22-26H2,1H3,(H,50,58)(H,51,59)(H,52,60)/t30-,35-,36-,37-,38-,39-/m0/s1. The highest BCUT2D eigenvalue weighted by molar-refractivity contribution is 6.03. The number of likely N-dealkylation sites (tertiary alicyclic amines) is 5. The Kier molecular flexibility index (Phi) is 13.8. The number of carbonyl (C=O) groups is 8. The molecule has 3 aromatic rings. The van der Waals surface area contributed by atoms with Gasteiger partial charge in [-0.05, 0) is 120 Å². The molecular weight excluding hydrogens is 833 g/mol. The number of aromatic nitrogens is 2. The Hall–Kier alpha value is -6.72. The number of nitrogens with one attached hydrogen (secondary N) is 3. The molecular formula is C47H56N10O8. The van der Waals surface area contributed by atoms with Crippen molar-refractivity contribution in [3.05, 3.63) is 84.4 Å². The van der Waals surface area contributed by atoms with Crippen molar-refractivity contribution in [1.82, 2.24) is 39.8 Å². The number of anilines is 2. The first kappa shape index (κ1) is 44.9. The first-order chi connectivity index (χ1) is 31.5. The van der Waals surface area contributed by atoms with Crippen LogP contribution in [0.4, 0.5) is 11.4 Å². The lowest BCUT2D eigenvalue weighted by molar-refractivity contribution is -0.143. The van der Waals surface area contributed by atoms with Gasteiger partial charge in [-0.1, -0.05) is 6.07 Å². The van der Waals surface area contributed by atoms with E-state index in [-0.39, 0.29) is 35.1 Å². The van der Waals surface area contributed by atoms with Gasteiger partial charge in [0.25, 0.3) is 11.8 Å². The summed E-state index contributed by atoms with van der Waals surface area (Å²) in [7, 11) is 0. The van der Waals surface area contributed by atoms with Crippen molar-refractivity contribution in [1.29, 1.82) is 0 Å². The Morgan fingerprint density at radius 1 is 0.508 bits per heavy atom. The van der Waals surface area contributed by atoms with Gasteiger partial charge >= 0.3 is 0 Å². The molecule has 0 saturated carbocycles. The number of hydrogen-bond donors (Lipinski definition) is 3. The average molecular weight is 889 g/mol.